The van der Waals surface area contributed by atoms with Crippen molar-refractivity contribution in [2.75, 3.05) is 0 Å². The van der Waals surface area contributed by atoms with E-state index in [2.05, 4.69) is 20.4 Å². The first-order valence-corrected chi connectivity index (χ1v) is 6.27. The molecule has 1 heterocycles. The number of nitrogens with one attached hydrogen (secondary N) is 1. The molecule has 0 saturated heterocycles. The Morgan fingerprint density at radius 2 is 1.67 bits per heavy atom. The van der Waals surface area contributed by atoms with Gasteiger partial charge < -0.3 is 10.2 Å². The lowest BCUT2D eigenvalue weighted by molar-refractivity contribution is 0.474. The van der Waals surface area contributed by atoms with E-state index >= 15 is 0 Å². The molecule has 0 amide bonds. The predicted molar refractivity (Wildman–Crippen MR) is 78.0 cm³/mol. The van der Waals surface area contributed by atoms with E-state index in [0.717, 1.165) is 0 Å². The van der Waals surface area contributed by atoms with Crippen LogP contribution in [0.3, 0.4) is 0 Å². The lowest BCUT2D eigenvalue weighted by atomic mass is 10.1. The Kier molecular flexibility index (Phi) is 3.34. The van der Waals surface area contributed by atoms with Crippen LogP contribution in [0.25, 0.3) is 11.3 Å². The fourth-order valence-electron chi connectivity index (χ4n) is 1.91. The van der Waals surface area contributed by atoms with E-state index in [9.17, 15) is 10.2 Å². The lowest BCUT2D eigenvalue weighted by Gasteiger charge is -2.04. The Labute approximate surface area is 120 Å². The third kappa shape index (κ3) is 2.59. The number of benzene rings is 2. The van der Waals surface area contributed by atoms with Gasteiger partial charge in [0.05, 0.1) is 5.69 Å². The maximum Gasteiger partial charge on any atom is 0.143 e. The van der Waals surface area contributed by atoms with Gasteiger partial charge in [0, 0.05) is 11.8 Å². The van der Waals surface area contributed by atoms with Gasteiger partial charge in [0.15, 0.2) is 0 Å². The van der Waals surface area contributed by atoms with Crippen molar-refractivity contribution >= 4 is 11.4 Å². The van der Waals surface area contributed by atoms with Crippen LogP contribution in [0, 0.1) is 0 Å². The highest BCUT2D eigenvalue weighted by Gasteiger charge is 2.11. The van der Waals surface area contributed by atoms with Crippen LogP contribution in [0.1, 0.15) is 0 Å². The molecule has 104 valence electrons. The van der Waals surface area contributed by atoms with Gasteiger partial charge in [-0.1, -0.05) is 24.3 Å². The minimum absolute atomic E-state index is 0.00493. The second-order valence-electron chi connectivity index (χ2n) is 4.32. The summed E-state index contributed by atoms with van der Waals surface area (Å²) in [4.78, 5) is 0. The molecule has 0 aliphatic carbocycles. The van der Waals surface area contributed by atoms with Gasteiger partial charge in [0.25, 0.3) is 0 Å². The van der Waals surface area contributed by atoms with Crippen molar-refractivity contribution in [1.29, 1.82) is 0 Å². The Hall–Kier alpha value is -3.15. The third-order valence-electron chi connectivity index (χ3n) is 2.93. The van der Waals surface area contributed by atoms with Crippen LogP contribution in [-0.4, -0.2) is 20.4 Å². The third-order valence-corrected chi connectivity index (χ3v) is 2.93. The van der Waals surface area contributed by atoms with Gasteiger partial charge in [-0.25, -0.2) is 0 Å². The van der Waals surface area contributed by atoms with E-state index in [0.29, 0.717) is 22.6 Å². The van der Waals surface area contributed by atoms with Crippen LogP contribution in [0.15, 0.2) is 65.0 Å². The Morgan fingerprint density at radius 3 is 2.43 bits per heavy atom. The minimum Gasteiger partial charge on any atom is -0.506 e. The molecule has 0 aliphatic heterocycles. The number of aromatic amines is 1. The standard InChI is InChI=1S/C15H12N4O2/c20-13-6-2-1-5-12(13)18-19-15-10(4-3-7-14(15)21)11-8-9-16-17-11/h1-9,20-21H,(H,16,17). The van der Waals surface area contributed by atoms with Crippen molar-refractivity contribution in [2.24, 2.45) is 10.2 Å². The van der Waals surface area contributed by atoms with E-state index in [1.165, 1.54) is 12.1 Å². The van der Waals surface area contributed by atoms with Crippen molar-refractivity contribution in [1.82, 2.24) is 10.2 Å². The monoisotopic (exact) mass is 280 g/mol. The molecule has 3 rings (SSSR count). The Balaban J connectivity index is 2.05. The largest absolute Gasteiger partial charge is 0.506 e. The molecule has 0 radical (unpaired) electrons. The number of aromatic hydroxyl groups is 2. The van der Waals surface area contributed by atoms with E-state index in [4.69, 9.17) is 0 Å². The maximum absolute atomic E-state index is 9.98. The molecule has 0 unspecified atom stereocenters. The summed E-state index contributed by atoms with van der Waals surface area (Å²) in [5.74, 6) is 0.0210. The van der Waals surface area contributed by atoms with Crippen molar-refractivity contribution in [3.63, 3.8) is 0 Å². The number of hydrogen-bond acceptors (Lipinski definition) is 5. The van der Waals surface area contributed by atoms with E-state index < -0.39 is 0 Å². The summed E-state index contributed by atoms with van der Waals surface area (Å²) in [5.41, 5.74) is 1.93. The Morgan fingerprint density at radius 1 is 0.857 bits per heavy atom. The van der Waals surface area contributed by atoms with Crippen molar-refractivity contribution in [2.45, 2.75) is 0 Å². The molecule has 0 fully saturated rings. The first-order chi connectivity index (χ1) is 10.3. The quantitative estimate of drug-likeness (QED) is 0.635. The molecule has 2 aromatic carbocycles. The normalized spacial score (nSPS) is 11.0. The molecule has 21 heavy (non-hydrogen) atoms. The topological polar surface area (TPSA) is 93.9 Å². The number of nitrogens with zero attached hydrogens (tertiary/aromatic N) is 3. The van der Waals surface area contributed by atoms with Crippen molar-refractivity contribution in [3.8, 4) is 22.8 Å². The van der Waals surface area contributed by atoms with Crippen LogP contribution in [0.5, 0.6) is 11.5 Å². The van der Waals surface area contributed by atoms with E-state index in [1.54, 1.807) is 42.6 Å². The van der Waals surface area contributed by atoms with Gasteiger partial charge in [-0.3, -0.25) is 5.10 Å². The second kappa shape index (κ2) is 5.46. The highest BCUT2D eigenvalue weighted by molar-refractivity contribution is 5.77. The van der Waals surface area contributed by atoms with Crippen LogP contribution in [0.2, 0.25) is 0 Å². The fraction of sp³-hybridized carbons (Fsp3) is 0. The highest BCUT2D eigenvalue weighted by atomic mass is 16.3. The number of H-pyrrole nitrogens is 1. The molecule has 0 spiro atoms. The summed E-state index contributed by atoms with van der Waals surface area (Å²) < 4.78 is 0. The number of hydrogen-bond donors (Lipinski definition) is 3. The van der Waals surface area contributed by atoms with Crippen molar-refractivity contribution < 1.29 is 10.2 Å². The molecule has 6 heteroatoms. The zero-order chi connectivity index (χ0) is 14.7. The summed E-state index contributed by atoms with van der Waals surface area (Å²) in [6.07, 6.45) is 1.68. The lowest BCUT2D eigenvalue weighted by Crippen LogP contribution is -1.80. The maximum atomic E-state index is 9.98. The highest BCUT2D eigenvalue weighted by Crippen LogP contribution is 2.38. The number of phenolic OH excluding ortho intramolecular Hbond substituents is 2. The zero-order valence-electron chi connectivity index (χ0n) is 10.9. The van der Waals surface area contributed by atoms with Gasteiger partial charge in [-0.2, -0.15) is 5.10 Å². The number of aromatic nitrogens is 2. The molecular formula is C15H12N4O2. The first kappa shape index (κ1) is 12.9. The van der Waals surface area contributed by atoms with Gasteiger partial charge in [-0.05, 0) is 24.3 Å². The second-order valence-corrected chi connectivity index (χ2v) is 4.32. The summed E-state index contributed by atoms with van der Waals surface area (Å²) in [6.45, 7) is 0. The molecule has 0 aliphatic rings. The molecule has 6 nitrogen and oxygen atoms in total. The first-order valence-electron chi connectivity index (χ1n) is 6.27. The average molecular weight is 280 g/mol. The van der Waals surface area contributed by atoms with Gasteiger partial charge in [0.1, 0.15) is 22.9 Å². The number of para-hydroxylation sites is 1. The molecule has 0 saturated carbocycles. The molecule has 0 bridgehead atoms. The number of phenols is 2. The summed E-state index contributed by atoms with van der Waals surface area (Å²) >= 11 is 0. The Bertz CT molecular complexity index is 782. The predicted octanol–water partition coefficient (Wildman–Crippen LogP) is 3.90. The summed E-state index contributed by atoms with van der Waals surface area (Å²) in [6, 6.07) is 13.4. The minimum atomic E-state index is -0.00493. The summed E-state index contributed by atoms with van der Waals surface area (Å²) in [5, 5.41) is 34.5. The molecular weight excluding hydrogens is 268 g/mol. The van der Waals surface area contributed by atoms with E-state index in [1.807, 2.05) is 0 Å². The van der Waals surface area contributed by atoms with E-state index in [-0.39, 0.29) is 11.5 Å². The zero-order valence-corrected chi connectivity index (χ0v) is 10.9. The number of azo groups is 1. The SMILES string of the molecule is Oc1ccccc1N=Nc1c(O)cccc1-c1cc[nH]n1. The van der Waals surface area contributed by atoms with Crippen LogP contribution in [0.4, 0.5) is 11.4 Å². The van der Waals surface area contributed by atoms with Crippen LogP contribution in [-0.2, 0) is 0 Å². The molecule has 3 N–H and O–H groups in total. The summed E-state index contributed by atoms with van der Waals surface area (Å²) in [7, 11) is 0. The van der Waals surface area contributed by atoms with Crippen molar-refractivity contribution in [3.05, 3.63) is 54.7 Å². The van der Waals surface area contributed by atoms with Gasteiger partial charge in [0.2, 0.25) is 0 Å². The number of rotatable bonds is 3. The average Bonchev–Trinajstić information content (AvgIpc) is 3.01. The molecule has 1 aromatic heterocycles. The smallest absolute Gasteiger partial charge is 0.143 e. The fourth-order valence-corrected chi connectivity index (χ4v) is 1.91. The molecule has 3 aromatic rings. The van der Waals surface area contributed by atoms with Gasteiger partial charge in [-0.15, -0.1) is 10.2 Å². The van der Waals surface area contributed by atoms with Crippen LogP contribution >= 0.6 is 0 Å². The molecule has 0 atom stereocenters. The van der Waals surface area contributed by atoms with Crippen LogP contribution < -0.4 is 0 Å². The van der Waals surface area contributed by atoms with Gasteiger partial charge >= 0.3 is 0 Å².